The van der Waals surface area contributed by atoms with Gasteiger partial charge >= 0.3 is 0 Å². The quantitative estimate of drug-likeness (QED) is 0.545. The number of nitrogens with one attached hydrogen (secondary N) is 3. The molecule has 1 atom stereocenters. The molecule has 24 heavy (non-hydrogen) atoms. The summed E-state index contributed by atoms with van der Waals surface area (Å²) in [7, 11) is 0. The van der Waals surface area contributed by atoms with Crippen LogP contribution in [0, 0.1) is 11.3 Å². The van der Waals surface area contributed by atoms with Crippen molar-refractivity contribution >= 4 is 23.2 Å². The largest absolute Gasteiger partial charge is 0.387 e. The van der Waals surface area contributed by atoms with Crippen molar-refractivity contribution in [2.75, 3.05) is 23.8 Å². The van der Waals surface area contributed by atoms with Gasteiger partial charge in [-0.1, -0.05) is 0 Å². The number of hydrogen-bond donors (Lipinski definition) is 3. The van der Waals surface area contributed by atoms with Crippen LogP contribution >= 0.6 is 0 Å². The van der Waals surface area contributed by atoms with Crippen molar-refractivity contribution in [3.63, 3.8) is 0 Å². The van der Waals surface area contributed by atoms with Crippen LogP contribution in [0.25, 0.3) is 0 Å². The highest BCUT2D eigenvalue weighted by Crippen LogP contribution is 2.14. The van der Waals surface area contributed by atoms with Gasteiger partial charge in [0.1, 0.15) is 11.6 Å². The number of hydrogen-bond acceptors (Lipinski definition) is 5. The van der Waals surface area contributed by atoms with E-state index >= 15 is 0 Å². The zero-order valence-corrected chi connectivity index (χ0v) is 13.5. The molecule has 1 unspecified atom stereocenters. The molecule has 1 heterocycles. The van der Waals surface area contributed by atoms with E-state index in [0.717, 1.165) is 19.4 Å². The summed E-state index contributed by atoms with van der Waals surface area (Å²) >= 11 is 0. The van der Waals surface area contributed by atoms with Crippen LogP contribution in [0.1, 0.15) is 19.8 Å². The predicted octanol–water partition coefficient (Wildman–Crippen LogP) is 1.76. The van der Waals surface area contributed by atoms with Gasteiger partial charge in [-0.3, -0.25) is 9.59 Å². The first kappa shape index (κ1) is 17.5. The van der Waals surface area contributed by atoms with Crippen LogP contribution in [0.5, 0.6) is 0 Å². The second kappa shape index (κ2) is 8.70. The highest BCUT2D eigenvalue weighted by atomic mass is 16.5. The van der Waals surface area contributed by atoms with Crippen molar-refractivity contribution in [1.29, 1.82) is 5.26 Å². The van der Waals surface area contributed by atoms with Crippen molar-refractivity contribution in [2.45, 2.75) is 25.9 Å². The minimum absolute atomic E-state index is 0.0149. The number of benzene rings is 1. The van der Waals surface area contributed by atoms with Crippen LogP contribution in [0.4, 0.5) is 11.4 Å². The van der Waals surface area contributed by atoms with Crippen LogP contribution < -0.4 is 16.0 Å². The average molecular weight is 328 g/mol. The molecule has 7 nitrogen and oxygen atoms in total. The zero-order chi connectivity index (χ0) is 17.4. The summed E-state index contributed by atoms with van der Waals surface area (Å²) in [6.07, 6.45) is 3.56. The standard InChI is InChI=1S/C17H20N4O3/c1-12(22)20-14-4-6-15(7-5-14)21-17(23)13(9-18)10-19-11-16-3-2-8-24-16/h4-7,10,16,19H,2-3,8,11H2,1H3,(H,20,22)(H,21,23)/b13-10-. The molecule has 1 fully saturated rings. The fraction of sp³-hybridized carbons (Fsp3) is 0.353. The Kier molecular flexibility index (Phi) is 6.34. The van der Waals surface area contributed by atoms with E-state index in [4.69, 9.17) is 10.00 Å². The van der Waals surface area contributed by atoms with Gasteiger partial charge in [-0.15, -0.1) is 0 Å². The third-order valence-corrected chi connectivity index (χ3v) is 3.44. The molecular weight excluding hydrogens is 308 g/mol. The lowest BCUT2D eigenvalue weighted by molar-refractivity contribution is -0.114. The summed E-state index contributed by atoms with van der Waals surface area (Å²) in [5, 5.41) is 17.3. The number of nitriles is 1. The first-order valence-corrected chi connectivity index (χ1v) is 7.72. The molecule has 1 aliphatic rings. The molecule has 2 rings (SSSR count). The van der Waals surface area contributed by atoms with E-state index in [1.54, 1.807) is 24.3 Å². The Bertz CT molecular complexity index is 655. The van der Waals surface area contributed by atoms with Crippen molar-refractivity contribution in [3.05, 3.63) is 36.0 Å². The number of ether oxygens (including phenoxy) is 1. The maximum Gasteiger partial charge on any atom is 0.267 e. The van der Waals surface area contributed by atoms with Crippen molar-refractivity contribution in [3.8, 4) is 6.07 Å². The molecule has 3 N–H and O–H groups in total. The molecule has 7 heteroatoms. The maximum absolute atomic E-state index is 12.1. The van der Waals surface area contributed by atoms with Crippen LogP contribution in [0.3, 0.4) is 0 Å². The third-order valence-electron chi connectivity index (χ3n) is 3.44. The number of nitrogens with zero attached hydrogens (tertiary/aromatic N) is 1. The monoisotopic (exact) mass is 328 g/mol. The highest BCUT2D eigenvalue weighted by Gasteiger charge is 2.15. The highest BCUT2D eigenvalue weighted by molar-refractivity contribution is 6.06. The van der Waals surface area contributed by atoms with E-state index in [1.807, 2.05) is 6.07 Å². The molecule has 0 aliphatic carbocycles. The first-order chi connectivity index (χ1) is 11.6. The smallest absolute Gasteiger partial charge is 0.267 e. The van der Waals surface area contributed by atoms with E-state index < -0.39 is 5.91 Å². The lowest BCUT2D eigenvalue weighted by atomic mass is 10.2. The molecular formula is C17H20N4O3. The summed E-state index contributed by atoms with van der Waals surface area (Å²) in [5.74, 6) is -0.664. The fourth-order valence-corrected chi connectivity index (χ4v) is 2.28. The zero-order valence-electron chi connectivity index (χ0n) is 13.5. The fourth-order valence-electron chi connectivity index (χ4n) is 2.28. The lowest BCUT2D eigenvalue weighted by Crippen LogP contribution is -2.24. The van der Waals surface area contributed by atoms with Crippen LogP contribution in [-0.4, -0.2) is 31.1 Å². The molecule has 0 radical (unpaired) electrons. The van der Waals surface area contributed by atoms with Crippen molar-refractivity contribution in [1.82, 2.24) is 5.32 Å². The van der Waals surface area contributed by atoms with E-state index in [9.17, 15) is 9.59 Å². The molecule has 0 aromatic heterocycles. The summed E-state index contributed by atoms with van der Waals surface area (Å²) in [6, 6.07) is 8.51. The summed E-state index contributed by atoms with van der Waals surface area (Å²) in [6.45, 7) is 2.75. The van der Waals surface area contributed by atoms with Gasteiger partial charge in [0.05, 0.1) is 6.10 Å². The second-order valence-electron chi connectivity index (χ2n) is 5.43. The number of carbonyl (C=O) groups excluding carboxylic acids is 2. The molecule has 126 valence electrons. The van der Waals surface area contributed by atoms with E-state index in [0.29, 0.717) is 17.9 Å². The van der Waals surface area contributed by atoms with Crippen LogP contribution in [-0.2, 0) is 14.3 Å². The molecule has 2 amide bonds. The third kappa shape index (κ3) is 5.41. The number of rotatable bonds is 6. The Morgan fingerprint density at radius 1 is 1.29 bits per heavy atom. The van der Waals surface area contributed by atoms with E-state index in [1.165, 1.54) is 13.1 Å². The normalized spacial score (nSPS) is 17.0. The Balaban J connectivity index is 1.88. The Hall–Kier alpha value is -2.85. The molecule has 1 aliphatic heterocycles. The topological polar surface area (TPSA) is 103 Å². The minimum Gasteiger partial charge on any atom is -0.387 e. The average Bonchev–Trinajstić information content (AvgIpc) is 3.06. The van der Waals surface area contributed by atoms with Crippen molar-refractivity contribution < 1.29 is 14.3 Å². The summed E-state index contributed by atoms with van der Waals surface area (Å²) in [4.78, 5) is 23.1. The van der Waals surface area contributed by atoms with E-state index in [2.05, 4.69) is 16.0 Å². The number of anilines is 2. The van der Waals surface area contributed by atoms with Crippen molar-refractivity contribution in [2.24, 2.45) is 0 Å². The Morgan fingerprint density at radius 3 is 2.50 bits per heavy atom. The van der Waals surface area contributed by atoms with Gasteiger partial charge in [0.15, 0.2) is 0 Å². The number of carbonyl (C=O) groups is 2. The first-order valence-electron chi connectivity index (χ1n) is 7.72. The summed E-state index contributed by atoms with van der Waals surface area (Å²) in [5.41, 5.74) is 1.16. The second-order valence-corrected chi connectivity index (χ2v) is 5.43. The SMILES string of the molecule is CC(=O)Nc1ccc(NC(=O)/C(C#N)=C\NCC2CCCO2)cc1. The van der Waals surface area contributed by atoms with Gasteiger partial charge in [-0.2, -0.15) is 5.26 Å². The maximum atomic E-state index is 12.1. The van der Waals surface area contributed by atoms with Gasteiger partial charge < -0.3 is 20.7 Å². The Labute approximate surface area is 140 Å². The van der Waals surface area contributed by atoms with Gasteiger partial charge in [0, 0.05) is 37.7 Å². The predicted molar refractivity (Wildman–Crippen MR) is 90.0 cm³/mol. The molecule has 0 bridgehead atoms. The van der Waals surface area contributed by atoms with Gasteiger partial charge in [0.2, 0.25) is 5.91 Å². The molecule has 1 aromatic rings. The minimum atomic E-state index is -0.496. The van der Waals surface area contributed by atoms with E-state index in [-0.39, 0.29) is 17.6 Å². The molecule has 1 saturated heterocycles. The van der Waals surface area contributed by atoms with Crippen LogP contribution in [0.2, 0.25) is 0 Å². The van der Waals surface area contributed by atoms with Crippen LogP contribution in [0.15, 0.2) is 36.0 Å². The molecule has 1 aromatic carbocycles. The van der Waals surface area contributed by atoms with Gasteiger partial charge in [-0.05, 0) is 37.1 Å². The van der Waals surface area contributed by atoms with Gasteiger partial charge in [-0.25, -0.2) is 0 Å². The number of amides is 2. The summed E-state index contributed by atoms with van der Waals surface area (Å²) < 4.78 is 5.46. The molecule has 0 spiro atoms. The van der Waals surface area contributed by atoms with Gasteiger partial charge in [0.25, 0.3) is 5.91 Å². The lowest BCUT2D eigenvalue weighted by Gasteiger charge is -2.09. The Morgan fingerprint density at radius 2 is 1.96 bits per heavy atom. The molecule has 0 saturated carbocycles.